The second-order valence-corrected chi connectivity index (χ2v) is 5.88. The van der Waals surface area contributed by atoms with Gasteiger partial charge in [0.05, 0.1) is 0 Å². The van der Waals surface area contributed by atoms with E-state index in [-0.39, 0.29) is 26.2 Å². The van der Waals surface area contributed by atoms with Crippen LogP contribution in [0.4, 0.5) is 0 Å². The van der Waals surface area contributed by atoms with E-state index in [9.17, 15) is 0 Å². The zero-order chi connectivity index (χ0) is 6.69. The van der Waals surface area contributed by atoms with Crippen LogP contribution in [-0.2, 0) is 30.9 Å². The van der Waals surface area contributed by atoms with Crippen molar-refractivity contribution in [2.45, 2.75) is 32.4 Å². The quantitative estimate of drug-likeness (QED) is 0.496. The minimum Gasteiger partial charge on any atom is -0.551 e. The molecule has 1 rings (SSSR count). The van der Waals surface area contributed by atoms with E-state index in [1.165, 1.54) is 25.0 Å². The van der Waals surface area contributed by atoms with Crippen LogP contribution >= 0.6 is 0 Å². The average Bonchev–Trinajstić information content (AvgIpc) is 1.90. The van der Waals surface area contributed by atoms with Crippen LogP contribution in [0.25, 0.3) is 0 Å². The van der Waals surface area contributed by atoms with Gasteiger partial charge in [0.2, 0.25) is 0 Å². The third-order valence-corrected chi connectivity index (χ3v) is 3.49. The Balaban J connectivity index is 0.000000810. The first-order valence-corrected chi connectivity index (χ1v) is 6.68. The summed E-state index contributed by atoms with van der Waals surface area (Å²) in [6, 6.07) is 0. The van der Waals surface area contributed by atoms with E-state index < -0.39 is 8.80 Å². The molecule has 10 heavy (non-hydrogen) atoms. The third kappa shape index (κ3) is 3.45. The SMILES string of the molecule is C[SiH](C)[C-]1CCCCO1.[Zr]. The average molecular weight is 235 g/mol. The molecule has 0 aromatic carbocycles. The first-order valence-electron chi connectivity index (χ1n) is 3.79. The molecule has 0 aliphatic carbocycles. The molecule has 58 valence electrons. The Kier molecular flexibility index (Phi) is 6.28. The molecular formula is C7H15OSiZr-. The monoisotopic (exact) mass is 233 g/mol. The molecule has 1 aliphatic rings. The van der Waals surface area contributed by atoms with Crippen molar-refractivity contribution in [3.05, 3.63) is 5.73 Å². The van der Waals surface area contributed by atoms with Crippen LogP contribution in [0.2, 0.25) is 13.1 Å². The van der Waals surface area contributed by atoms with E-state index in [0.717, 1.165) is 6.61 Å². The van der Waals surface area contributed by atoms with Crippen LogP contribution in [0.15, 0.2) is 0 Å². The van der Waals surface area contributed by atoms with Crippen molar-refractivity contribution in [1.82, 2.24) is 0 Å². The zero-order valence-corrected chi connectivity index (χ0v) is 10.4. The van der Waals surface area contributed by atoms with E-state index >= 15 is 0 Å². The largest absolute Gasteiger partial charge is 0.551 e. The van der Waals surface area contributed by atoms with E-state index in [2.05, 4.69) is 13.1 Å². The molecule has 0 spiro atoms. The number of hydrogen-bond acceptors (Lipinski definition) is 1. The summed E-state index contributed by atoms with van der Waals surface area (Å²) in [6.45, 7) is 5.65. The van der Waals surface area contributed by atoms with Crippen molar-refractivity contribution < 1.29 is 30.9 Å². The maximum atomic E-state index is 5.52. The summed E-state index contributed by atoms with van der Waals surface area (Å²) in [4.78, 5) is 0. The fraction of sp³-hybridized carbons (Fsp3) is 0.857. The van der Waals surface area contributed by atoms with Crippen molar-refractivity contribution in [2.24, 2.45) is 0 Å². The predicted molar refractivity (Wildman–Crippen MR) is 41.9 cm³/mol. The fourth-order valence-corrected chi connectivity index (χ4v) is 2.36. The summed E-state index contributed by atoms with van der Waals surface area (Å²) in [5, 5.41) is 0. The van der Waals surface area contributed by atoms with E-state index in [4.69, 9.17) is 4.74 Å². The van der Waals surface area contributed by atoms with Gasteiger partial charge in [-0.05, 0) is 6.42 Å². The molecule has 3 heteroatoms. The summed E-state index contributed by atoms with van der Waals surface area (Å²) in [5.74, 6) is 0. The first-order chi connectivity index (χ1) is 4.30. The summed E-state index contributed by atoms with van der Waals surface area (Å²) < 4.78 is 5.52. The van der Waals surface area contributed by atoms with Crippen molar-refractivity contribution in [1.29, 1.82) is 0 Å². The smallest absolute Gasteiger partial charge is 0.0111 e. The van der Waals surface area contributed by atoms with Gasteiger partial charge in [0.15, 0.2) is 0 Å². The molecule has 1 nitrogen and oxygen atoms in total. The second-order valence-electron chi connectivity index (χ2n) is 2.93. The Hall–Kier alpha value is 1.06. The summed E-state index contributed by atoms with van der Waals surface area (Å²) in [5.41, 5.74) is 1.45. The normalized spacial score (nSPS) is 20.7. The molecule has 0 unspecified atom stereocenters. The molecule has 0 aromatic heterocycles. The Labute approximate surface area is 84.3 Å². The van der Waals surface area contributed by atoms with Gasteiger partial charge in [0, 0.05) is 32.8 Å². The molecule has 1 fully saturated rings. The number of ether oxygens (including phenoxy) is 1. The minimum atomic E-state index is -0.557. The molecule has 0 N–H and O–H groups in total. The summed E-state index contributed by atoms with van der Waals surface area (Å²) >= 11 is 0. The van der Waals surface area contributed by atoms with Crippen LogP contribution < -0.4 is 0 Å². The Morgan fingerprint density at radius 3 is 2.30 bits per heavy atom. The van der Waals surface area contributed by atoms with Crippen molar-refractivity contribution in [3.63, 3.8) is 0 Å². The third-order valence-electron chi connectivity index (χ3n) is 1.75. The summed E-state index contributed by atoms with van der Waals surface area (Å²) in [6.07, 6.45) is 3.88. The zero-order valence-electron chi connectivity index (χ0n) is 6.81. The molecular weight excluding hydrogens is 219 g/mol. The van der Waals surface area contributed by atoms with Gasteiger partial charge in [-0.2, -0.15) is 12.1 Å². The minimum absolute atomic E-state index is 0. The maximum Gasteiger partial charge on any atom is 0.0111 e. The van der Waals surface area contributed by atoms with Crippen molar-refractivity contribution in [2.75, 3.05) is 6.61 Å². The Morgan fingerprint density at radius 2 is 2.00 bits per heavy atom. The van der Waals surface area contributed by atoms with Gasteiger partial charge in [0.25, 0.3) is 0 Å². The van der Waals surface area contributed by atoms with Crippen LogP contribution in [0.5, 0.6) is 0 Å². The van der Waals surface area contributed by atoms with Gasteiger partial charge in [-0.15, -0.1) is 0 Å². The standard InChI is InChI=1S/C7H15OSi.Zr/c1-9(2)7-5-3-4-6-8-7;/h9H,3-6H2,1-2H3;/q-1;. The van der Waals surface area contributed by atoms with Gasteiger partial charge in [-0.3, -0.25) is 0 Å². The fourth-order valence-electron chi connectivity index (χ4n) is 1.13. The molecule has 0 saturated carbocycles. The van der Waals surface area contributed by atoms with Crippen molar-refractivity contribution >= 4 is 8.80 Å². The van der Waals surface area contributed by atoms with Crippen LogP contribution in [0.1, 0.15) is 19.3 Å². The van der Waals surface area contributed by atoms with Gasteiger partial charge in [-0.25, -0.2) is 0 Å². The number of rotatable bonds is 1. The second kappa shape index (κ2) is 5.68. The van der Waals surface area contributed by atoms with E-state index in [0.29, 0.717) is 0 Å². The Morgan fingerprint density at radius 1 is 1.30 bits per heavy atom. The molecule has 1 saturated heterocycles. The summed E-state index contributed by atoms with van der Waals surface area (Å²) in [7, 11) is -0.557. The van der Waals surface area contributed by atoms with E-state index in [1.54, 1.807) is 0 Å². The molecule has 0 bridgehead atoms. The topological polar surface area (TPSA) is 9.23 Å². The van der Waals surface area contributed by atoms with Crippen LogP contribution in [-0.4, -0.2) is 15.4 Å². The van der Waals surface area contributed by atoms with Gasteiger partial charge < -0.3 is 4.74 Å². The number of hydrogen-bond donors (Lipinski definition) is 0. The predicted octanol–water partition coefficient (Wildman–Crippen LogP) is 1.74. The van der Waals surface area contributed by atoms with Gasteiger partial charge in [-0.1, -0.05) is 28.3 Å². The first kappa shape index (κ1) is 11.1. The maximum absolute atomic E-state index is 5.52. The molecule has 1 aliphatic heterocycles. The van der Waals surface area contributed by atoms with Crippen LogP contribution in [0, 0.1) is 5.73 Å². The van der Waals surface area contributed by atoms with Crippen LogP contribution in [0.3, 0.4) is 0 Å². The molecule has 0 atom stereocenters. The van der Waals surface area contributed by atoms with Crippen molar-refractivity contribution in [3.8, 4) is 0 Å². The Bertz CT molecular complexity index is 81.7. The van der Waals surface area contributed by atoms with Gasteiger partial charge >= 0.3 is 0 Å². The van der Waals surface area contributed by atoms with Gasteiger partial charge in [0.1, 0.15) is 0 Å². The molecule has 1 heterocycles. The van der Waals surface area contributed by atoms with E-state index in [1.807, 2.05) is 0 Å². The molecule has 0 radical (unpaired) electrons. The molecule has 0 amide bonds. The molecule has 0 aromatic rings.